The van der Waals surface area contributed by atoms with Crippen molar-refractivity contribution in [3.8, 4) is 5.75 Å². The number of benzene rings is 2. The van der Waals surface area contributed by atoms with E-state index in [-0.39, 0.29) is 23.3 Å². The zero-order valence-corrected chi connectivity index (χ0v) is 19.7. The van der Waals surface area contributed by atoms with Crippen molar-refractivity contribution in [2.75, 3.05) is 23.4 Å². The summed E-state index contributed by atoms with van der Waals surface area (Å²) in [4.78, 5) is 28.7. The van der Waals surface area contributed by atoms with E-state index in [1.54, 1.807) is 19.9 Å². The van der Waals surface area contributed by atoms with Gasteiger partial charge in [0.2, 0.25) is 21.8 Å². The Hall–Kier alpha value is -3.53. The number of rotatable bonds is 9. The fraction of sp³-hybridized carbons (Fsp3) is 0.304. The molecule has 0 saturated carbocycles. The maximum absolute atomic E-state index is 13.2. The van der Waals surface area contributed by atoms with Gasteiger partial charge in [-0.15, -0.1) is 0 Å². The molecular weight excluding hydrogens is 444 g/mol. The Kier molecular flexibility index (Phi) is 7.27. The molecule has 1 heterocycles. The summed E-state index contributed by atoms with van der Waals surface area (Å²) in [7, 11) is -2.10. The molecule has 1 atom stereocenters. The Balaban J connectivity index is 1.84. The van der Waals surface area contributed by atoms with E-state index >= 15 is 0 Å². The molecule has 0 bridgehead atoms. The van der Waals surface area contributed by atoms with Crippen LogP contribution in [0.1, 0.15) is 19.4 Å². The molecular formula is C23H28N4O5S. The second-order valence-electron chi connectivity index (χ2n) is 8.06. The van der Waals surface area contributed by atoms with E-state index in [1.165, 1.54) is 19.2 Å². The largest absolute Gasteiger partial charge is 0.494 e. The minimum Gasteiger partial charge on any atom is -0.494 e. The van der Waals surface area contributed by atoms with Crippen LogP contribution in [0.25, 0.3) is 10.9 Å². The fourth-order valence-corrected chi connectivity index (χ4v) is 3.92. The Morgan fingerprint density at radius 2 is 1.82 bits per heavy atom. The summed E-state index contributed by atoms with van der Waals surface area (Å²) >= 11 is 0. The van der Waals surface area contributed by atoms with E-state index in [1.807, 2.05) is 30.5 Å². The standard InChI is InChI=1S/C23H28N4O5S/c1-14(2)22(28)26-20(11-15-13-24-18-8-6-5-7-17(15)18)23(29)25-16-9-10-19(21(12-16)32-3)27-33(4,30)31/h5-10,12-14,20,24,27H,11H2,1-4H3,(H,25,29)(H,26,28). The number of hydrogen-bond donors (Lipinski definition) is 4. The molecule has 33 heavy (non-hydrogen) atoms. The number of fused-ring (bicyclic) bond motifs is 1. The van der Waals surface area contributed by atoms with E-state index in [4.69, 9.17) is 4.74 Å². The van der Waals surface area contributed by atoms with Crippen LogP contribution in [0.15, 0.2) is 48.7 Å². The molecule has 1 unspecified atom stereocenters. The number of amides is 2. The van der Waals surface area contributed by atoms with Crippen molar-refractivity contribution in [2.45, 2.75) is 26.3 Å². The van der Waals surface area contributed by atoms with Crippen LogP contribution in [-0.4, -0.2) is 44.6 Å². The van der Waals surface area contributed by atoms with Gasteiger partial charge in [-0.1, -0.05) is 32.0 Å². The molecule has 0 aliphatic heterocycles. The molecule has 0 spiro atoms. The molecule has 10 heteroatoms. The van der Waals surface area contributed by atoms with E-state index in [0.717, 1.165) is 22.7 Å². The number of carbonyl (C=O) groups is 2. The topological polar surface area (TPSA) is 129 Å². The lowest BCUT2D eigenvalue weighted by Crippen LogP contribution is -2.46. The van der Waals surface area contributed by atoms with Crippen molar-refractivity contribution in [1.29, 1.82) is 0 Å². The van der Waals surface area contributed by atoms with Gasteiger partial charge in [-0.3, -0.25) is 14.3 Å². The van der Waals surface area contributed by atoms with Gasteiger partial charge < -0.3 is 20.4 Å². The van der Waals surface area contributed by atoms with E-state index < -0.39 is 22.0 Å². The SMILES string of the molecule is COc1cc(NC(=O)C(Cc2c[nH]c3ccccc23)NC(=O)C(C)C)ccc1NS(C)(=O)=O. The molecule has 2 aromatic carbocycles. The van der Waals surface area contributed by atoms with Gasteiger partial charge in [0, 0.05) is 41.2 Å². The van der Waals surface area contributed by atoms with Gasteiger partial charge >= 0.3 is 0 Å². The molecule has 3 rings (SSSR count). The highest BCUT2D eigenvalue weighted by Crippen LogP contribution is 2.29. The van der Waals surface area contributed by atoms with Crippen LogP contribution < -0.4 is 20.1 Å². The number of anilines is 2. The Labute approximate surface area is 193 Å². The Bertz CT molecular complexity index is 1270. The normalized spacial score (nSPS) is 12.4. The number of hydrogen-bond acceptors (Lipinski definition) is 5. The molecule has 0 saturated heterocycles. The summed E-state index contributed by atoms with van der Waals surface area (Å²) in [5.74, 6) is -0.678. The Morgan fingerprint density at radius 1 is 1.09 bits per heavy atom. The van der Waals surface area contributed by atoms with E-state index in [2.05, 4.69) is 20.3 Å². The highest BCUT2D eigenvalue weighted by molar-refractivity contribution is 7.92. The van der Waals surface area contributed by atoms with Crippen molar-refractivity contribution in [2.24, 2.45) is 5.92 Å². The number of para-hydroxylation sites is 1. The summed E-state index contributed by atoms with van der Waals surface area (Å²) < 4.78 is 30.7. The number of nitrogens with one attached hydrogen (secondary N) is 4. The van der Waals surface area contributed by atoms with Crippen LogP contribution in [0.5, 0.6) is 5.75 Å². The minimum atomic E-state index is -3.50. The van der Waals surface area contributed by atoms with Crippen LogP contribution in [0.4, 0.5) is 11.4 Å². The molecule has 176 valence electrons. The van der Waals surface area contributed by atoms with Gasteiger partial charge in [0.15, 0.2) is 0 Å². The maximum atomic E-state index is 13.2. The lowest BCUT2D eigenvalue weighted by atomic mass is 10.0. The van der Waals surface area contributed by atoms with Crippen LogP contribution in [0.3, 0.4) is 0 Å². The molecule has 0 fully saturated rings. The van der Waals surface area contributed by atoms with Gasteiger partial charge in [-0.2, -0.15) is 0 Å². The van der Waals surface area contributed by atoms with Gasteiger partial charge in [0.1, 0.15) is 11.8 Å². The number of carbonyl (C=O) groups excluding carboxylic acids is 2. The summed E-state index contributed by atoms with van der Waals surface area (Å²) in [5.41, 5.74) is 2.50. The molecule has 1 aromatic heterocycles. The van der Waals surface area contributed by atoms with Gasteiger partial charge in [0.25, 0.3) is 0 Å². The lowest BCUT2D eigenvalue weighted by Gasteiger charge is -2.20. The predicted octanol–water partition coefficient (Wildman–Crippen LogP) is 2.87. The number of aromatic nitrogens is 1. The van der Waals surface area contributed by atoms with E-state index in [0.29, 0.717) is 12.1 Å². The molecule has 0 radical (unpaired) electrons. The molecule has 0 aliphatic rings. The van der Waals surface area contributed by atoms with Crippen molar-refractivity contribution < 1.29 is 22.7 Å². The fourth-order valence-electron chi connectivity index (χ4n) is 3.35. The number of ether oxygens (including phenoxy) is 1. The Morgan fingerprint density at radius 3 is 2.48 bits per heavy atom. The lowest BCUT2D eigenvalue weighted by molar-refractivity contribution is -0.128. The van der Waals surface area contributed by atoms with Gasteiger partial charge in [-0.25, -0.2) is 8.42 Å². The predicted molar refractivity (Wildman–Crippen MR) is 129 cm³/mol. The van der Waals surface area contributed by atoms with Crippen LogP contribution in [0.2, 0.25) is 0 Å². The monoisotopic (exact) mass is 472 g/mol. The summed E-state index contributed by atoms with van der Waals surface area (Å²) in [5, 5.41) is 6.59. The van der Waals surface area contributed by atoms with E-state index in [9.17, 15) is 18.0 Å². The first-order valence-corrected chi connectivity index (χ1v) is 12.3. The molecule has 2 amide bonds. The smallest absolute Gasteiger partial charge is 0.247 e. The first-order valence-electron chi connectivity index (χ1n) is 10.4. The van der Waals surface area contributed by atoms with Gasteiger partial charge in [-0.05, 0) is 23.8 Å². The number of H-pyrrole nitrogens is 1. The quantitative estimate of drug-likeness (QED) is 0.381. The van der Waals surface area contributed by atoms with Crippen LogP contribution >= 0.6 is 0 Å². The average Bonchev–Trinajstić information content (AvgIpc) is 3.16. The average molecular weight is 473 g/mol. The van der Waals surface area contributed by atoms with Crippen LogP contribution in [0, 0.1) is 5.92 Å². The number of aromatic amines is 1. The van der Waals surface area contributed by atoms with Crippen LogP contribution in [-0.2, 0) is 26.0 Å². The third-order valence-corrected chi connectivity index (χ3v) is 5.61. The summed E-state index contributed by atoms with van der Waals surface area (Å²) in [6.45, 7) is 3.52. The van der Waals surface area contributed by atoms with Crippen molar-refractivity contribution in [3.63, 3.8) is 0 Å². The number of sulfonamides is 1. The third kappa shape index (κ3) is 6.26. The van der Waals surface area contributed by atoms with Crippen molar-refractivity contribution in [3.05, 3.63) is 54.2 Å². The third-order valence-electron chi connectivity index (χ3n) is 5.02. The summed E-state index contributed by atoms with van der Waals surface area (Å²) in [6.07, 6.45) is 3.16. The number of methoxy groups -OCH3 is 1. The molecule has 3 aromatic rings. The second kappa shape index (κ2) is 9.95. The first-order chi connectivity index (χ1) is 15.6. The zero-order valence-electron chi connectivity index (χ0n) is 18.9. The van der Waals surface area contributed by atoms with Crippen molar-refractivity contribution >= 4 is 44.1 Å². The minimum absolute atomic E-state index is 0.236. The molecule has 4 N–H and O–H groups in total. The highest BCUT2D eigenvalue weighted by Gasteiger charge is 2.24. The van der Waals surface area contributed by atoms with Gasteiger partial charge in [0.05, 0.1) is 19.1 Å². The molecule has 0 aliphatic carbocycles. The molecule has 9 nitrogen and oxygen atoms in total. The summed E-state index contributed by atoms with van der Waals surface area (Å²) in [6, 6.07) is 11.5. The maximum Gasteiger partial charge on any atom is 0.247 e. The highest BCUT2D eigenvalue weighted by atomic mass is 32.2. The zero-order chi connectivity index (χ0) is 24.2. The van der Waals surface area contributed by atoms with Crippen molar-refractivity contribution in [1.82, 2.24) is 10.3 Å². The second-order valence-corrected chi connectivity index (χ2v) is 9.81. The first kappa shape index (κ1) is 24.1.